The Morgan fingerprint density at radius 3 is 1.56 bits per heavy atom. The number of aliphatic hydroxyl groups excluding tert-OH is 8. The van der Waals surface area contributed by atoms with Crippen molar-refractivity contribution < 1.29 is 64.6 Å². The van der Waals surface area contributed by atoms with Crippen molar-refractivity contribution in [3.63, 3.8) is 0 Å². The van der Waals surface area contributed by atoms with Crippen LogP contribution in [0.4, 0.5) is 0 Å². The van der Waals surface area contributed by atoms with E-state index in [1.54, 1.807) is 6.08 Å². The van der Waals surface area contributed by atoms with Crippen molar-refractivity contribution in [3.05, 3.63) is 72.9 Å². The summed E-state index contributed by atoms with van der Waals surface area (Å²) in [6, 6.07) is -0.930. The number of amides is 1. The van der Waals surface area contributed by atoms with Crippen LogP contribution in [0.15, 0.2) is 72.9 Å². The van der Waals surface area contributed by atoms with Gasteiger partial charge in [0.1, 0.15) is 48.8 Å². The molecule has 0 aromatic carbocycles. The topological polar surface area (TPSA) is 228 Å². The smallest absolute Gasteiger partial charge is 0.220 e. The van der Waals surface area contributed by atoms with E-state index in [0.717, 1.165) is 64.2 Å². The van der Waals surface area contributed by atoms with Gasteiger partial charge in [-0.2, -0.15) is 0 Å². The zero-order valence-electron chi connectivity index (χ0n) is 43.0. The largest absolute Gasteiger partial charge is 0.394 e. The maximum absolute atomic E-state index is 13.1. The molecule has 14 heteroatoms. The summed E-state index contributed by atoms with van der Waals surface area (Å²) in [6.07, 6.45) is 37.2. The number of allylic oxidation sites excluding steroid dienone is 11. The first-order chi connectivity index (χ1) is 34.1. The molecule has 0 aliphatic carbocycles. The quantitative estimate of drug-likeness (QED) is 0.0209. The third kappa shape index (κ3) is 28.0. The molecule has 2 heterocycles. The van der Waals surface area contributed by atoms with Crippen molar-refractivity contribution in [2.24, 2.45) is 0 Å². The van der Waals surface area contributed by atoms with Gasteiger partial charge in [-0.25, -0.2) is 0 Å². The van der Waals surface area contributed by atoms with E-state index in [1.165, 1.54) is 83.5 Å². The van der Waals surface area contributed by atoms with Gasteiger partial charge >= 0.3 is 0 Å². The molecule has 2 aliphatic heterocycles. The van der Waals surface area contributed by atoms with Crippen molar-refractivity contribution >= 4 is 5.91 Å². The van der Waals surface area contributed by atoms with E-state index in [2.05, 4.69) is 79.9 Å². The number of aliphatic hydroxyl groups is 8. The Morgan fingerprint density at radius 1 is 0.529 bits per heavy atom. The Hall–Kier alpha value is -2.57. The molecule has 2 rings (SSSR count). The molecular weight excluding hydrogens is 895 g/mol. The Kier molecular flexibility index (Phi) is 38.0. The van der Waals surface area contributed by atoms with E-state index in [9.17, 15) is 45.6 Å². The van der Waals surface area contributed by atoms with Gasteiger partial charge in [-0.05, 0) is 64.2 Å². The summed E-state index contributed by atoms with van der Waals surface area (Å²) in [7, 11) is 0. The van der Waals surface area contributed by atoms with Gasteiger partial charge < -0.3 is 65.1 Å². The number of carbonyl (C=O) groups excluding carboxylic acids is 1. The van der Waals surface area contributed by atoms with Gasteiger partial charge in [0.2, 0.25) is 5.91 Å². The van der Waals surface area contributed by atoms with Crippen LogP contribution in [0.5, 0.6) is 0 Å². The van der Waals surface area contributed by atoms with Crippen molar-refractivity contribution in [2.75, 3.05) is 19.8 Å². The molecule has 0 saturated carbocycles. The van der Waals surface area contributed by atoms with Crippen LogP contribution in [0.3, 0.4) is 0 Å². The third-order valence-electron chi connectivity index (χ3n) is 12.9. The number of ether oxygens (including phenoxy) is 4. The van der Waals surface area contributed by atoms with Crippen molar-refractivity contribution in [1.29, 1.82) is 0 Å². The lowest BCUT2D eigenvalue weighted by Gasteiger charge is -2.46. The molecule has 2 fully saturated rings. The molecule has 12 unspecified atom stereocenters. The van der Waals surface area contributed by atoms with Crippen molar-refractivity contribution in [1.82, 2.24) is 5.32 Å². The van der Waals surface area contributed by atoms with E-state index in [0.29, 0.717) is 12.8 Å². The minimum Gasteiger partial charge on any atom is -0.394 e. The van der Waals surface area contributed by atoms with Crippen LogP contribution in [0.2, 0.25) is 0 Å². The van der Waals surface area contributed by atoms with Crippen LogP contribution in [0.25, 0.3) is 0 Å². The van der Waals surface area contributed by atoms with E-state index in [4.69, 9.17) is 18.9 Å². The zero-order chi connectivity index (χ0) is 51.0. The number of nitrogens with one attached hydrogen (secondary N) is 1. The second kappa shape index (κ2) is 41.9. The first kappa shape index (κ1) is 63.5. The van der Waals surface area contributed by atoms with Gasteiger partial charge in [0.25, 0.3) is 0 Å². The summed E-state index contributed by atoms with van der Waals surface area (Å²) < 4.78 is 22.6. The molecule has 0 spiro atoms. The molecule has 404 valence electrons. The minimum absolute atomic E-state index is 0.257. The molecular formula is C56H97NO13. The SMILES string of the molecule is CC/C=C\C/C=C\C/C=C\C/C=C\CCCCCCCCCCCCCCCCCCC(=O)NC(COC1OC(CO)C(OC2OC(CO)C(O)C(O)C2O)C(O)C1O)C(O)/C=C/CC/C=C/CCC. The van der Waals surface area contributed by atoms with E-state index in [1.807, 2.05) is 6.08 Å². The number of unbranched alkanes of at least 4 members (excludes halogenated alkanes) is 18. The van der Waals surface area contributed by atoms with E-state index in [-0.39, 0.29) is 18.9 Å². The van der Waals surface area contributed by atoms with Gasteiger partial charge in [-0.3, -0.25) is 4.79 Å². The predicted molar refractivity (Wildman–Crippen MR) is 277 cm³/mol. The first-order valence-electron chi connectivity index (χ1n) is 27.2. The lowest BCUT2D eigenvalue weighted by atomic mass is 9.97. The van der Waals surface area contributed by atoms with Crippen molar-refractivity contribution in [2.45, 2.75) is 254 Å². The van der Waals surface area contributed by atoms with Gasteiger partial charge in [-0.15, -0.1) is 0 Å². The summed E-state index contributed by atoms with van der Waals surface area (Å²) in [5.74, 6) is -0.257. The number of carbonyl (C=O) groups is 1. The molecule has 2 saturated heterocycles. The van der Waals surface area contributed by atoms with Gasteiger partial charge in [0.15, 0.2) is 12.6 Å². The number of hydrogen-bond acceptors (Lipinski definition) is 13. The average Bonchev–Trinajstić information content (AvgIpc) is 3.36. The van der Waals surface area contributed by atoms with E-state index >= 15 is 0 Å². The normalized spacial score (nSPS) is 26.5. The van der Waals surface area contributed by atoms with Crippen LogP contribution in [-0.2, 0) is 23.7 Å². The van der Waals surface area contributed by atoms with E-state index < -0.39 is 86.8 Å². The fourth-order valence-corrected chi connectivity index (χ4v) is 8.48. The molecule has 14 nitrogen and oxygen atoms in total. The Labute approximate surface area is 421 Å². The molecule has 0 radical (unpaired) electrons. The summed E-state index contributed by atoms with van der Waals surface area (Å²) in [4.78, 5) is 13.1. The molecule has 0 aromatic rings. The predicted octanol–water partition coefficient (Wildman–Crippen LogP) is 7.99. The first-order valence-corrected chi connectivity index (χ1v) is 27.2. The standard InChI is InChI=1S/C56H97NO13/c1-3-5-7-9-11-12-13-14-15-16-17-18-19-20-21-22-23-24-25-26-27-28-29-30-31-32-34-36-38-40-48(61)57-44(45(60)39-37-35-33-10-8-6-4-2)43-67-55-53(66)51(64)54(47(42-59)69-55)70-56-52(65)50(63)49(62)46(41-58)68-56/h5,7-8,10-12,14-15,17-18,37,39,44-47,49-56,58-60,62-66H,3-4,6,9,13,16,19-36,38,40-43H2,1-2H3,(H,57,61)/b7-5-,10-8+,12-11-,15-14-,18-17-,39-37+. The van der Waals surface area contributed by atoms with Crippen LogP contribution < -0.4 is 5.32 Å². The van der Waals surface area contributed by atoms with Crippen LogP contribution in [-0.4, -0.2) is 140 Å². The molecule has 0 bridgehead atoms. The fraction of sp³-hybridized carbons (Fsp3) is 0.768. The maximum Gasteiger partial charge on any atom is 0.220 e. The van der Waals surface area contributed by atoms with Gasteiger partial charge in [0.05, 0.1) is 32.0 Å². The molecule has 2 aliphatic rings. The molecule has 1 amide bonds. The third-order valence-corrected chi connectivity index (χ3v) is 12.9. The highest BCUT2D eigenvalue weighted by Crippen LogP contribution is 2.30. The summed E-state index contributed by atoms with van der Waals surface area (Å²) in [6.45, 7) is 2.53. The Bertz CT molecular complexity index is 1450. The molecule has 12 atom stereocenters. The number of hydrogen-bond donors (Lipinski definition) is 9. The molecule has 0 aromatic heterocycles. The summed E-state index contributed by atoms with van der Waals surface area (Å²) in [5.41, 5.74) is 0. The lowest BCUT2D eigenvalue weighted by Crippen LogP contribution is -2.65. The summed E-state index contributed by atoms with van der Waals surface area (Å²) >= 11 is 0. The second-order valence-electron chi connectivity index (χ2n) is 19.0. The monoisotopic (exact) mass is 992 g/mol. The summed E-state index contributed by atoms with van der Waals surface area (Å²) in [5, 5.41) is 86.4. The molecule has 9 N–H and O–H groups in total. The highest BCUT2D eigenvalue weighted by Gasteiger charge is 2.51. The van der Waals surface area contributed by atoms with Crippen LogP contribution in [0.1, 0.15) is 181 Å². The number of rotatable bonds is 41. The lowest BCUT2D eigenvalue weighted by molar-refractivity contribution is -0.359. The highest BCUT2D eigenvalue weighted by molar-refractivity contribution is 5.76. The highest BCUT2D eigenvalue weighted by atomic mass is 16.7. The zero-order valence-corrected chi connectivity index (χ0v) is 43.0. The maximum atomic E-state index is 13.1. The Morgan fingerprint density at radius 2 is 1.00 bits per heavy atom. The second-order valence-corrected chi connectivity index (χ2v) is 19.0. The van der Waals surface area contributed by atoms with Crippen LogP contribution in [0, 0.1) is 0 Å². The van der Waals surface area contributed by atoms with Crippen LogP contribution >= 0.6 is 0 Å². The molecule has 70 heavy (non-hydrogen) atoms. The fourth-order valence-electron chi connectivity index (χ4n) is 8.48. The minimum atomic E-state index is -1.79. The van der Waals surface area contributed by atoms with Crippen molar-refractivity contribution in [3.8, 4) is 0 Å². The van der Waals surface area contributed by atoms with Gasteiger partial charge in [-0.1, -0.05) is 183 Å². The average molecular weight is 992 g/mol. The van der Waals surface area contributed by atoms with Gasteiger partial charge in [0, 0.05) is 6.42 Å². The Balaban J connectivity index is 1.64.